The van der Waals surface area contributed by atoms with Crippen molar-refractivity contribution in [3.05, 3.63) is 0 Å². The van der Waals surface area contributed by atoms with E-state index in [2.05, 4.69) is 37.2 Å². The minimum Gasteiger partial charge on any atom is -0.444 e. The highest BCUT2D eigenvalue weighted by atomic mass is 127. The molecule has 0 spiro atoms. The summed E-state index contributed by atoms with van der Waals surface area (Å²) in [5.74, 6) is 3.46. The zero-order valence-electron chi connectivity index (χ0n) is 19.0. The van der Waals surface area contributed by atoms with E-state index in [1.807, 2.05) is 27.8 Å². The lowest BCUT2D eigenvalue weighted by molar-refractivity contribution is 0.0507. The van der Waals surface area contributed by atoms with Gasteiger partial charge in [0, 0.05) is 56.8 Å². The average molecular weight is 554 g/mol. The second-order valence-electron chi connectivity index (χ2n) is 9.51. The third kappa shape index (κ3) is 7.05. The van der Waals surface area contributed by atoms with Crippen LogP contribution in [0.5, 0.6) is 0 Å². The van der Waals surface area contributed by atoms with Crippen LogP contribution in [0.1, 0.15) is 52.9 Å². The maximum atomic E-state index is 12.1. The van der Waals surface area contributed by atoms with Crippen LogP contribution in [0, 0.1) is 0 Å². The molecule has 3 rings (SSSR count). The van der Waals surface area contributed by atoms with Crippen molar-refractivity contribution in [2.75, 3.05) is 51.3 Å². The topological polar surface area (TPSA) is 69.2 Å². The number of carbonyl (C=O) groups is 1. The lowest BCUT2D eigenvalue weighted by Gasteiger charge is -2.44. The van der Waals surface area contributed by atoms with Crippen molar-refractivity contribution in [1.82, 2.24) is 20.4 Å². The number of ether oxygens (including phenoxy) is 1. The van der Waals surface area contributed by atoms with E-state index in [4.69, 9.17) is 4.74 Å². The highest BCUT2D eigenvalue weighted by molar-refractivity contribution is 14.0. The maximum Gasteiger partial charge on any atom is 0.407 e. The summed E-state index contributed by atoms with van der Waals surface area (Å²) in [5, 5.41) is 6.69. The molecule has 1 atom stereocenters. The predicted molar refractivity (Wildman–Crippen MR) is 136 cm³/mol. The summed E-state index contributed by atoms with van der Waals surface area (Å²) in [6.45, 7) is 10.7. The van der Waals surface area contributed by atoms with Crippen LogP contribution in [0.15, 0.2) is 4.99 Å². The molecule has 2 aliphatic heterocycles. The summed E-state index contributed by atoms with van der Waals surface area (Å²) in [5.41, 5.74) is -0.187. The standard InChI is InChI=1S/C21H39N5O2S.HI/c1-20(2,3)28-19(27)24-17-7-10-25(15-17)18(22-4)23-16-21(8-5-6-9-21)26-11-13-29-14-12-26;/h17H,5-16H2,1-4H3,(H,22,23)(H,24,27);1H. The van der Waals surface area contributed by atoms with E-state index in [1.54, 1.807) is 0 Å². The van der Waals surface area contributed by atoms with Crippen molar-refractivity contribution in [1.29, 1.82) is 0 Å². The van der Waals surface area contributed by atoms with E-state index in [0.29, 0.717) is 0 Å². The van der Waals surface area contributed by atoms with Gasteiger partial charge in [-0.05, 0) is 40.0 Å². The van der Waals surface area contributed by atoms with Crippen LogP contribution in [0.2, 0.25) is 0 Å². The summed E-state index contributed by atoms with van der Waals surface area (Å²) in [6, 6.07) is 0.1000. The molecule has 0 bridgehead atoms. The molecule has 7 nitrogen and oxygen atoms in total. The third-order valence-electron chi connectivity index (χ3n) is 6.21. The molecule has 1 saturated carbocycles. The highest BCUT2D eigenvalue weighted by Crippen LogP contribution is 2.36. The Bertz CT molecular complexity index is 586. The van der Waals surface area contributed by atoms with Crippen LogP contribution in [-0.4, -0.2) is 90.3 Å². The summed E-state index contributed by atoms with van der Waals surface area (Å²) in [6.07, 6.45) is 5.80. The fourth-order valence-corrected chi connectivity index (χ4v) is 5.70. The Labute approximate surface area is 203 Å². The number of nitrogens with one attached hydrogen (secondary N) is 2. The number of hydrogen-bond acceptors (Lipinski definition) is 5. The van der Waals surface area contributed by atoms with Crippen molar-refractivity contribution in [2.24, 2.45) is 4.99 Å². The van der Waals surface area contributed by atoms with Crippen LogP contribution in [0.3, 0.4) is 0 Å². The Morgan fingerprint density at radius 3 is 2.47 bits per heavy atom. The van der Waals surface area contributed by atoms with Crippen molar-refractivity contribution in [3.63, 3.8) is 0 Å². The Kier molecular flexibility index (Phi) is 9.86. The number of amides is 1. The summed E-state index contributed by atoms with van der Waals surface area (Å²) in [4.78, 5) is 21.6. The molecular weight excluding hydrogens is 513 g/mol. The quantitative estimate of drug-likeness (QED) is 0.317. The van der Waals surface area contributed by atoms with Crippen molar-refractivity contribution >= 4 is 47.8 Å². The normalized spacial score (nSPS) is 25.0. The minimum absolute atomic E-state index is 0. The molecule has 2 N–H and O–H groups in total. The molecule has 0 radical (unpaired) electrons. The number of halogens is 1. The first-order valence-corrected chi connectivity index (χ1v) is 12.2. The zero-order chi connectivity index (χ0) is 20.9. The molecule has 1 aliphatic carbocycles. The van der Waals surface area contributed by atoms with Crippen LogP contribution in [0.4, 0.5) is 4.79 Å². The number of hydrogen-bond donors (Lipinski definition) is 2. The first kappa shape index (κ1) is 25.8. The van der Waals surface area contributed by atoms with Gasteiger partial charge in [0.1, 0.15) is 5.60 Å². The van der Waals surface area contributed by atoms with E-state index in [-0.39, 0.29) is 41.7 Å². The van der Waals surface area contributed by atoms with Gasteiger partial charge in [0.25, 0.3) is 0 Å². The molecule has 9 heteroatoms. The molecule has 3 aliphatic rings. The van der Waals surface area contributed by atoms with Gasteiger partial charge in [-0.1, -0.05) is 12.8 Å². The molecule has 174 valence electrons. The van der Waals surface area contributed by atoms with E-state index in [1.165, 1.54) is 50.3 Å². The van der Waals surface area contributed by atoms with Crippen molar-refractivity contribution < 1.29 is 9.53 Å². The molecule has 1 amide bonds. The van der Waals surface area contributed by atoms with Crippen molar-refractivity contribution in [3.8, 4) is 0 Å². The second kappa shape index (κ2) is 11.4. The van der Waals surface area contributed by atoms with Gasteiger partial charge in [-0.2, -0.15) is 11.8 Å². The SMILES string of the molecule is CN=C(NCC1(N2CCSCC2)CCCC1)N1CCC(NC(=O)OC(C)(C)C)C1.I. The summed E-state index contributed by atoms with van der Waals surface area (Å²) in [7, 11) is 1.86. The minimum atomic E-state index is -0.470. The van der Waals surface area contributed by atoms with Crippen LogP contribution < -0.4 is 10.6 Å². The monoisotopic (exact) mass is 553 g/mol. The van der Waals surface area contributed by atoms with E-state index >= 15 is 0 Å². The van der Waals surface area contributed by atoms with Gasteiger partial charge >= 0.3 is 6.09 Å². The number of likely N-dealkylation sites (tertiary alicyclic amines) is 1. The molecule has 30 heavy (non-hydrogen) atoms. The number of guanidine groups is 1. The lowest BCUT2D eigenvalue weighted by atomic mass is 9.94. The Morgan fingerprint density at radius 2 is 1.87 bits per heavy atom. The molecule has 2 saturated heterocycles. The van der Waals surface area contributed by atoms with Gasteiger partial charge in [-0.3, -0.25) is 9.89 Å². The van der Waals surface area contributed by atoms with E-state index in [9.17, 15) is 4.79 Å². The number of nitrogens with zero attached hydrogens (tertiary/aromatic N) is 3. The molecule has 0 aromatic heterocycles. The Hall–Kier alpha value is -0.420. The first-order valence-electron chi connectivity index (χ1n) is 11.1. The van der Waals surface area contributed by atoms with Gasteiger partial charge in [-0.15, -0.1) is 24.0 Å². The number of alkyl carbamates (subject to hydrolysis) is 1. The van der Waals surface area contributed by atoms with Gasteiger partial charge in [0.15, 0.2) is 5.96 Å². The number of thioether (sulfide) groups is 1. The molecule has 0 aromatic carbocycles. The zero-order valence-corrected chi connectivity index (χ0v) is 22.2. The number of aliphatic imine (C=N–C) groups is 1. The Morgan fingerprint density at radius 1 is 1.20 bits per heavy atom. The summed E-state index contributed by atoms with van der Waals surface area (Å²) < 4.78 is 5.40. The molecule has 3 fully saturated rings. The molecule has 2 heterocycles. The lowest BCUT2D eigenvalue weighted by Crippen LogP contribution is -2.58. The summed E-state index contributed by atoms with van der Waals surface area (Å²) >= 11 is 2.07. The van der Waals surface area contributed by atoms with Crippen LogP contribution in [-0.2, 0) is 4.74 Å². The van der Waals surface area contributed by atoms with Crippen molar-refractivity contribution in [2.45, 2.75) is 70.1 Å². The van der Waals surface area contributed by atoms with Crippen LogP contribution >= 0.6 is 35.7 Å². The fourth-order valence-electron chi connectivity index (χ4n) is 4.80. The number of carbonyl (C=O) groups excluding carboxylic acids is 1. The smallest absolute Gasteiger partial charge is 0.407 e. The Balaban J connectivity index is 0.00000320. The first-order chi connectivity index (χ1) is 13.8. The van der Waals surface area contributed by atoms with E-state index < -0.39 is 5.60 Å². The number of rotatable bonds is 4. The fraction of sp³-hybridized carbons (Fsp3) is 0.905. The average Bonchev–Trinajstić information content (AvgIpc) is 3.32. The molecule has 1 unspecified atom stereocenters. The second-order valence-corrected chi connectivity index (χ2v) is 10.7. The molecular formula is C21H40IN5O2S. The van der Waals surface area contributed by atoms with Crippen LogP contribution in [0.25, 0.3) is 0 Å². The largest absolute Gasteiger partial charge is 0.444 e. The predicted octanol–water partition coefficient (Wildman–Crippen LogP) is 3.14. The third-order valence-corrected chi connectivity index (χ3v) is 7.15. The van der Waals surface area contributed by atoms with Gasteiger partial charge in [0.2, 0.25) is 0 Å². The molecule has 0 aromatic rings. The van der Waals surface area contributed by atoms with Gasteiger partial charge in [0.05, 0.1) is 6.04 Å². The maximum absolute atomic E-state index is 12.1. The highest BCUT2D eigenvalue weighted by Gasteiger charge is 2.40. The van der Waals surface area contributed by atoms with Gasteiger partial charge in [-0.25, -0.2) is 4.79 Å². The van der Waals surface area contributed by atoms with Gasteiger partial charge < -0.3 is 20.3 Å². The van der Waals surface area contributed by atoms with E-state index in [0.717, 1.165) is 32.0 Å².